The van der Waals surface area contributed by atoms with E-state index in [1.807, 2.05) is 38.1 Å². The van der Waals surface area contributed by atoms with Crippen LogP contribution in [-0.2, 0) is 25.9 Å². The molecule has 45 heavy (non-hydrogen) atoms. The topological polar surface area (TPSA) is 136 Å². The van der Waals surface area contributed by atoms with Crippen molar-refractivity contribution in [1.29, 1.82) is 0 Å². The molecular formula is C35H39N5O4S. The molecule has 6 rings (SSSR count). The second-order valence-corrected chi connectivity index (χ2v) is 11.4. The van der Waals surface area contributed by atoms with Gasteiger partial charge in [-0.3, -0.25) is 19.7 Å². The van der Waals surface area contributed by atoms with E-state index in [9.17, 15) is 19.7 Å². The molecule has 0 fully saturated rings. The molecule has 0 saturated carbocycles. The summed E-state index contributed by atoms with van der Waals surface area (Å²) >= 11 is 1.77. The molecule has 4 aromatic carbocycles. The van der Waals surface area contributed by atoms with Gasteiger partial charge in [0.25, 0.3) is 5.69 Å². The van der Waals surface area contributed by atoms with Crippen LogP contribution in [0.1, 0.15) is 56.8 Å². The van der Waals surface area contributed by atoms with Crippen molar-refractivity contribution in [2.75, 3.05) is 29.1 Å². The summed E-state index contributed by atoms with van der Waals surface area (Å²) < 4.78 is 0. The Kier molecular flexibility index (Phi) is 11.2. The van der Waals surface area contributed by atoms with Crippen molar-refractivity contribution in [3.63, 3.8) is 0 Å². The van der Waals surface area contributed by atoms with Crippen molar-refractivity contribution >= 4 is 40.6 Å². The van der Waals surface area contributed by atoms with Crippen molar-refractivity contribution in [3.05, 3.63) is 128 Å². The molecule has 2 aliphatic heterocycles. The van der Waals surface area contributed by atoms with Gasteiger partial charge in [0.2, 0.25) is 11.8 Å². The number of amides is 2. The Hall–Kier alpha value is -4.83. The number of benzene rings is 4. The van der Waals surface area contributed by atoms with Crippen molar-refractivity contribution in [3.8, 4) is 0 Å². The molecule has 0 aliphatic carbocycles. The van der Waals surface area contributed by atoms with Gasteiger partial charge in [0.1, 0.15) is 0 Å². The predicted octanol–water partition coefficient (Wildman–Crippen LogP) is 6.35. The number of anilines is 2. The molecule has 4 aromatic rings. The second kappa shape index (κ2) is 15.3. The molecule has 10 heteroatoms. The number of primary amides is 2. The lowest BCUT2D eigenvalue weighted by atomic mass is 10.1. The summed E-state index contributed by atoms with van der Waals surface area (Å²) in [5.74, 6) is -0.817. The van der Waals surface area contributed by atoms with Crippen molar-refractivity contribution in [2.24, 2.45) is 11.5 Å². The van der Waals surface area contributed by atoms with Crippen LogP contribution >= 0.6 is 11.8 Å². The van der Waals surface area contributed by atoms with Crippen LogP contribution in [0.3, 0.4) is 0 Å². The second-order valence-electron chi connectivity index (χ2n) is 10.5. The summed E-state index contributed by atoms with van der Waals surface area (Å²) in [6, 6.07) is 26.4. The lowest BCUT2D eigenvalue weighted by molar-refractivity contribution is -0.384. The number of nitrogens with two attached hydrogens (primary N) is 2. The average Bonchev–Trinajstić information content (AvgIpc) is 3.65. The molecule has 2 aliphatic rings. The maximum absolute atomic E-state index is 11.1. The summed E-state index contributed by atoms with van der Waals surface area (Å²) in [7, 11) is 0. The molecule has 2 amide bonds. The maximum Gasteiger partial charge on any atom is 0.269 e. The molecule has 9 nitrogen and oxygen atoms in total. The van der Waals surface area contributed by atoms with Crippen LogP contribution in [0.4, 0.5) is 17.1 Å². The fourth-order valence-corrected chi connectivity index (χ4v) is 5.87. The third-order valence-electron chi connectivity index (χ3n) is 7.77. The molecule has 0 bridgehead atoms. The number of hydrogen-bond donors (Lipinski definition) is 2. The normalized spacial score (nSPS) is 12.7. The molecule has 0 atom stereocenters. The maximum atomic E-state index is 11.1. The number of thioether (sulfide) groups is 1. The first-order valence-corrected chi connectivity index (χ1v) is 16.2. The highest BCUT2D eigenvalue weighted by molar-refractivity contribution is 7.98. The number of carbonyl (C=O) groups is 2. The van der Waals surface area contributed by atoms with Crippen LogP contribution in [-0.4, -0.2) is 36.1 Å². The van der Waals surface area contributed by atoms with Gasteiger partial charge >= 0.3 is 0 Å². The Bertz CT molecular complexity index is 1660. The summed E-state index contributed by atoms with van der Waals surface area (Å²) in [6.07, 6.45) is 4.00. The summed E-state index contributed by atoms with van der Waals surface area (Å²) in [6.45, 7) is 7.44. The van der Waals surface area contributed by atoms with Gasteiger partial charge in [-0.25, -0.2) is 0 Å². The molecule has 2 heterocycles. The molecule has 234 valence electrons. The van der Waals surface area contributed by atoms with E-state index >= 15 is 0 Å². The minimum atomic E-state index is -0.439. The minimum absolute atomic E-state index is 0.131. The van der Waals surface area contributed by atoms with E-state index in [1.165, 1.54) is 27.8 Å². The molecule has 0 unspecified atom stereocenters. The van der Waals surface area contributed by atoms with Crippen molar-refractivity contribution < 1.29 is 14.5 Å². The third-order valence-corrected chi connectivity index (χ3v) is 8.50. The van der Waals surface area contributed by atoms with E-state index in [0.29, 0.717) is 17.7 Å². The zero-order valence-corrected chi connectivity index (χ0v) is 26.7. The Morgan fingerprint density at radius 1 is 0.733 bits per heavy atom. The Morgan fingerprint density at radius 3 is 1.73 bits per heavy atom. The monoisotopic (exact) mass is 625 g/mol. The average molecular weight is 626 g/mol. The van der Waals surface area contributed by atoms with Gasteiger partial charge in [-0.05, 0) is 83.8 Å². The molecule has 0 spiro atoms. The number of nitro groups is 1. The first-order valence-electron chi connectivity index (χ1n) is 14.9. The fourth-order valence-electron chi connectivity index (χ4n) is 5.44. The van der Waals surface area contributed by atoms with Gasteiger partial charge < -0.3 is 21.3 Å². The lowest BCUT2D eigenvalue weighted by Gasteiger charge is -2.20. The number of fused-ring (bicyclic) bond motifs is 2. The van der Waals surface area contributed by atoms with Gasteiger partial charge in [0, 0.05) is 65.7 Å². The number of hydrogen-bond acceptors (Lipinski definition) is 7. The van der Waals surface area contributed by atoms with Crippen LogP contribution in [0.2, 0.25) is 0 Å². The zero-order valence-electron chi connectivity index (χ0n) is 25.9. The van der Waals surface area contributed by atoms with Gasteiger partial charge in [0.15, 0.2) is 0 Å². The van der Waals surface area contributed by atoms with Crippen LogP contribution in [0.5, 0.6) is 0 Å². The molecular weight excluding hydrogens is 586 g/mol. The van der Waals surface area contributed by atoms with Crippen LogP contribution in [0.15, 0.2) is 89.8 Å². The van der Waals surface area contributed by atoms with Crippen LogP contribution in [0.25, 0.3) is 0 Å². The molecule has 0 aromatic heterocycles. The van der Waals surface area contributed by atoms with E-state index in [1.54, 1.807) is 48.2 Å². The summed E-state index contributed by atoms with van der Waals surface area (Å²) in [5, 5.41) is 10.8. The number of nitrogens with zero attached hydrogens (tertiary/aromatic N) is 3. The predicted molar refractivity (Wildman–Crippen MR) is 182 cm³/mol. The van der Waals surface area contributed by atoms with Gasteiger partial charge in [-0.1, -0.05) is 44.2 Å². The van der Waals surface area contributed by atoms with Crippen molar-refractivity contribution in [1.82, 2.24) is 0 Å². The SMILES string of the molecule is CC.CSc1ccc2c(c1)N(Cc1ccc(C(N)=O)cc1)CC2.NC(=O)c1ccc(CN2CCc3cc([N+](=O)[O-])ccc32)cc1. The number of rotatable bonds is 8. The van der Waals surface area contributed by atoms with E-state index < -0.39 is 5.91 Å². The first kappa shape index (κ1) is 33.1. The Balaban J connectivity index is 0.000000194. The van der Waals surface area contributed by atoms with Crippen LogP contribution in [0, 0.1) is 10.1 Å². The standard InChI is InChI=1S/C17H18N2OS.C16H15N3O3.C2H6/c1-21-15-7-6-13-8-9-19(16(13)10-15)11-12-2-4-14(5-3-12)17(18)20;17-16(20)12-3-1-11(2-4-12)10-18-8-7-13-9-14(19(21)22)5-6-15(13)18;1-2/h2-7,10H,8-9,11H2,1H3,(H2,18,20);1-6,9H,7-8,10H2,(H2,17,20);1-2H3. The lowest BCUT2D eigenvalue weighted by Crippen LogP contribution is -2.19. The van der Waals surface area contributed by atoms with E-state index in [4.69, 9.17) is 11.5 Å². The number of nitro benzene ring substituents is 1. The Labute approximate surface area is 268 Å². The zero-order chi connectivity index (χ0) is 32.5. The Morgan fingerprint density at radius 2 is 1.24 bits per heavy atom. The van der Waals surface area contributed by atoms with Gasteiger partial charge in [0.05, 0.1) is 4.92 Å². The largest absolute Gasteiger partial charge is 0.367 e. The molecule has 0 saturated heterocycles. The van der Waals surface area contributed by atoms with Gasteiger partial charge in [-0.2, -0.15) is 0 Å². The summed E-state index contributed by atoms with van der Waals surface area (Å²) in [5.41, 5.74) is 18.7. The highest BCUT2D eigenvalue weighted by atomic mass is 32.2. The number of non-ortho nitro benzene ring substituents is 1. The van der Waals surface area contributed by atoms with Crippen molar-refractivity contribution in [2.45, 2.75) is 44.7 Å². The first-order chi connectivity index (χ1) is 21.7. The van der Waals surface area contributed by atoms with Gasteiger partial charge in [-0.15, -0.1) is 11.8 Å². The van der Waals surface area contributed by atoms with E-state index in [-0.39, 0.29) is 16.5 Å². The van der Waals surface area contributed by atoms with Crippen LogP contribution < -0.4 is 21.3 Å². The molecule has 0 radical (unpaired) electrons. The molecule has 4 N–H and O–H groups in total. The fraction of sp³-hybridized carbons (Fsp3) is 0.257. The quantitative estimate of drug-likeness (QED) is 0.132. The summed E-state index contributed by atoms with van der Waals surface area (Å²) in [4.78, 5) is 38.5. The van der Waals surface area contributed by atoms with E-state index in [2.05, 4.69) is 34.3 Å². The van der Waals surface area contributed by atoms with E-state index in [0.717, 1.165) is 49.3 Å². The highest BCUT2D eigenvalue weighted by Gasteiger charge is 2.22. The number of carbonyl (C=O) groups excluding carboxylic acids is 2. The smallest absolute Gasteiger partial charge is 0.269 e. The minimum Gasteiger partial charge on any atom is -0.367 e. The highest BCUT2D eigenvalue weighted by Crippen LogP contribution is 2.33. The third kappa shape index (κ3) is 8.21.